The van der Waals surface area contributed by atoms with Gasteiger partial charge >= 0.3 is 0 Å². The van der Waals surface area contributed by atoms with Gasteiger partial charge in [0.05, 0.1) is 13.1 Å². The van der Waals surface area contributed by atoms with Gasteiger partial charge in [-0.25, -0.2) is 0 Å². The van der Waals surface area contributed by atoms with Crippen molar-refractivity contribution < 1.29 is 4.42 Å². The Morgan fingerprint density at radius 1 is 1.30 bits per heavy atom. The van der Waals surface area contributed by atoms with Crippen LogP contribution in [-0.4, -0.2) is 24.5 Å². The zero-order valence-corrected chi connectivity index (χ0v) is 13.4. The van der Waals surface area contributed by atoms with E-state index < -0.39 is 0 Å². The topological polar surface area (TPSA) is 28.4 Å². The van der Waals surface area contributed by atoms with Gasteiger partial charge in [0.2, 0.25) is 0 Å². The fourth-order valence-electron chi connectivity index (χ4n) is 3.09. The molecule has 2 rings (SSSR count). The molecule has 0 saturated carbocycles. The second-order valence-electron chi connectivity index (χ2n) is 6.08. The zero-order chi connectivity index (χ0) is 14.4. The normalized spacial score (nSPS) is 21.1. The molecule has 2 heterocycles. The van der Waals surface area contributed by atoms with Gasteiger partial charge in [0.1, 0.15) is 11.5 Å². The van der Waals surface area contributed by atoms with Crippen molar-refractivity contribution in [2.75, 3.05) is 19.6 Å². The minimum atomic E-state index is 0.847. The van der Waals surface area contributed by atoms with Crippen molar-refractivity contribution >= 4 is 0 Å². The summed E-state index contributed by atoms with van der Waals surface area (Å²) in [5.74, 6) is 3.16. The molecule has 3 nitrogen and oxygen atoms in total. The molecule has 1 unspecified atom stereocenters. The average molecular weight is 278 g/mol. The highest BCUT2D eigenvalue weighted by Crippen LogP contribution is 2.22. The number of hydrogen-bond donors (Lipinski definition) is 1. The number of rotatable bonds is 6. The Hall–Kier alpha value is -0.800. The van der Waals surface area contributed by atoms with Crippen LogP contribution in [0.15, 0.2) is 10.5 Å². The van der Waals surface area contributed by atoms with Crippen molar-refractivity contribution in [2.24, 2.45) is 5.92 Å². The van der Waals surface area contributed by atoms with Crippen molar-refractivity contribution in [1.82, 2.24) is 10.2 Å². The van der Waals surface area contributed by atoms with Gasteiger partial charge in [-0.1, -0.05) is 20.3 Å². The van der Waals surface area contributed by atoms with Crippen LogP contribution in [0.5, 0.6) is 0 Å². The third kappa shape index (κ3) is 4.35. The van der Waals surface area contributed by atoms with E-state index in [1.165, 1.54) is 44.3 Å². The first-order chi connectivity index (χ1) is 9.72. The lowest BCUT2D eigenvalue weighted by Gasteiger charge is -2.18. The standard InChI is InChI=1S/C17H30N2O/c1-4-15-7-6-9-19(10-8-15)13-16-11-14(3)17(20-16)12-18-5-2/h11,15,18H,4-10,12-13H2,1-3H3. The van der Waals surface area contributed by atoms with Crippen molar-refractivity contribution in [3.05, 3.63) is 23.2 Å². The predicted molar refractivity (Wildman–Crippen MR) is 83.7 cm³/mol. The average Bonchev–Trinajstić information content (AvgIpc) is 2.64. The predicted octanol–water partition coefficient (Wildman–Crippen LogP) is 3.71. The Balaban J connectivity index is 1.89. The summed E-state index contributed by atoms with van der Waals surface area (Å²) >= 11 is 0. The van der Waals surface area contributed by atoms with Crippen LogP contribution in [0.2, 0.25) is 0 Å². The van der Waals surface area contributed by atoms with Crippen LogP contribution in [0, 0.1) is 12.8 Å². The van der Waals surface area contributed by atoms with Crippen molar-refractivity contribution in [1.29, 1.82) is 0 Å². The number of hydrogen-bond acceptors (Lipinski definition) is 3. The molecule has 1 aromatic heterocycles. The molecular weight excluding hydrogens is 248 g/mol. The van der Waals surface area contributed by atoms with E-state index in [1.54, 1.807) is 0 Å². The summed E-state index contributed by atoms with van der Waals surface area (Å²) in [6, 6.07) is 2.22. The van der Waals surface area contributed by atoms with Gasteiger partial charge in [0.15, 0.2) is 0 Å². The van der Waals surface area contributed by atoms with E-state index in [0.717, 1.165) is 37.1 Å². The van der Waals surface area contributed by atoms with Gasteiger partial charge in [-0.05, 0) is 63.4 Å². The van der Waals surface area contributed by atoms with Crippen molar-refractivity contribution in [2.45, 2.75) is 59.5 Å². The molecule has 3 heteroatoms. The summed E-state index contributed by atoms with van der Waals surface area (Å²) in [5, 5.41) is 3.34. The quantitative estimate of drug-likeness (QED) is 0.860. The molecule has 1 aromatic rings. The Labute approximate surface area is 123 Å². The van der Waals surface area contributed by atoms with E-state index in [0.29, 0.717) is 0 Å². The first-order valence-electron chi connectivity index (χ1n) is 8.24. The third-order valence-corrected chi connectivity index (χ3v) is 4.50. The van der Waals surface area contributed by atoms with Gasteiger partial charge in [0.25, 0.3) is 0 Å². The highest BCUT2D eigenvalue weighted by Gasteiger charge is 2.17. The second kappa shape index (κ2) is 7.84. The van der Waals surface area contributed by atoms with Crippen LogP contribution in [-0.2, 0) is 13.1 Å². The first-order valence-corrected chi connectivity index (χ1v) is 8.24. The van der Waals surface area contributed by atoms with Crippen LogP contribution in [0.25, 0.3) is 0 Å². The van der Waals surface area contributed by atoms with E-state index >= 15 is 0 Å². The minimum Gasteiger partial charge on any atom is -0.463 e. The fourth-order valence-corrected chi connectivity index (χ4v) is 3.09. The van der Waals surface area contributed by atoms with Crippen LogP contribution >= 0.6 is 0 Å². The molecule has 1 N–H and O–H groups in total. The third-order valence-electron chi connectivity index (χ3n) is 4.50. The van der Waals surface area contributed by atoms with E-state index in [4.69, 9.17) is 4.42 Å². The van der Waals surface area contributed by atoms with Crippen molar-refractivity contribution in [3.8, 4) is 0 Å². The summed E-state index contributed by atoms with van der Waals surface area (Å²) in [7, 11) is 0. The van der Waals surface area contributed by atoms with Gasteiger partial charge in [-0.2, -0.15) is 0 Å². The number of nitrogens with zero attached hydrogens (tertiary/aromatic N) is 1. The van der Waals surface area contributed by atoms with E-state index in [9.17, 15) is 0 Å². The number of furan rings is 1. The molecule has 1 saturated heterocycles. The minimum absolute atomic E-state index is 0.847. The summed E-state index contributed by atoms with van der Waals surface area (Å²) in [6.07, 6.45) is 5.42. The SMILES string of the molecule is CCNCc1oc(CN2CCCC(CC)CC2)cc1C. The fraction of sp³-hybridized carbons (Fsp3) is 0.765. The Kier molecular flexibility index (Phi) is 6.11. The van der Waals surface area contributed by atoms with Crippen LogP contribution in [0.3, 0.4) is 0 Å². The molecule has 1 atom stereocenters. The molecular formula is C17H30N2O. The number of aryl methyl sites for hydroxylation is 1. The molecule has 114 valence electrons. The smallest absolute Gasteiger partial charge is 0.120 e. The van der Waals surface area contributed by atoms with Gasteiger partial charge < -0.3 is 9.73 Å². The summed E-state index contributed by atoms with van der Waals surface area (Å²) < 4.78 is 6.01. The molecule has 0 radical (unpaired) electrons. The highest BCUT2D eigenvalue weighted by atomic mass is 16.3. The first kappa shape index (κ1) is 15.6. The summed E-state index contributed by atoms with van der Waals surface area (Å²) in [4.78, 5) is 2.56. The molecule has 20 heavy (non-hydrogen) atoms. The molecule has 1 aliphatic rings. The maximum absolute atomic E-state index is 6.01. The van der Waals surface area contributed by atoms with Gasteiger partial charge in [0, 0.05) is 0 Å². The number of nitrogens with one attached hydrogen (secondary N) is 1. The monoisotopic (exact) mass is 278 g/mol. The van der Waals surface area contributed by atoms with E-state index in [2.05, 4.69) is 37.1 Å². The lowest BCUT2D eigenvalue weighted by atomic mass is 9.98. The molecule has 0 aromatic carbocycles. The van der Waals surface area contributed by atoms with Crippen LogP contribution in [0.4, 0.5) is 0 Å². The summed E-state index contributed by atoms with van der Waals surface area (Å²) in [6.45, 7) is 11.8. The van der Waals surface area contributed by atoms with Gasteiger partial charge in [-0.3, -0.25) is 4.90 Å². The molecule has 1 fully saturated rings. The molecule has 0 amide bonds. The highest BCUT2D eigenvalue weighted by molar-refractivity contribution is 5.20. The second-order valence-corrected chi connectivity index (χ2v) is 6.08. The zero-order valence-electron chi connectivity index (χ0n) is 13.4. The maximum atomic E-state index is 6.01. The Morgan fingerprint density at radius 3 is 2.90 bits per heavy atom. The summed E-state index contributed by atoms with van der Waals surface area (Å²) in [5.41, 5.74) is 1.28. The van der Waals surface area contributed by atoms with Crippen LogP contribution in [0.1, 0.15) is 56.6 Å². The lowest BCUT2D eigenvalue weighted by molar-refractivity contribution is 0.246. The number of likely N-dealkylation sites (tertiary alicyclic amines) is 1. The van der Waals surface area contributed by atoms with Crippen molar-refractivity contribution in [3.63, 3.8) is 0 Å². The van der Waals surface area contributed by atoms with E-state index in [1.807, 2.05) is 0 Å². The lowest BCUT2D eigenvalue weighted by Crippen LogP contribution is -2.24. The van der Waals surface area contributed by atoms with Crippen LogP contribution < -0.4 is 5.32 Å². The van der Waals surface area contributed by atoms with Gasteiger partial charge in [-0.15, -0.1) is 0 Å². The maximum Gasteiger partial charge on any atom is 0.120 e. The van der Waals surface area contributed by atoms with E-state index in [-0.39, 0.29) is 0 Å². The molecule has 0 bridgehead atoms. The Bertz CT molecular complexity index is 400. The molecule has 0 aliphatic carbocycles. The molecule has 0 spiro atoms. The Morgan fingerprint density at radius 2 is 2.15 bits per heavy atom. The largest absolute Gasteiger partial charge is 0.463 e. The molecule has 1 aliphatic heterocycles.